The molecule has 6 heteroatoms. The highest BCUT2D eigenvalue weighted by atomic mass is 32.1. The van der Waals surface area contributed by atoms with Gasteiger partial charge >= 0.3 is 0 Å². The zero-order chi connectivity index (χ0) is 14.5. The van der Waals surface area contributed by atoms with Gasteiger partial charge in [0.1, 0.15) is 6.33 Å². The maximum Gasteiger partial charge on any atom is 0.244 e. The van der Waals surface area contributed by atoms with Gasteiger partial charge in [-0.25, -0.2) is 9.50 Å². The van der Waals surface area contributed by atoms with E-state index in [9.17, 15) is 4.79 Å². The lowest BCUT2D eigenvalue weighted by Crippen LogP contribution is -2.23. The molecule has 21 heavy (non-hydrogen) atoms. The summed E-state index contributed by atoms with van der Waals surface area (Å²) in [5.41, 5.74) is 2.06. The van der Waals surface area contributed by atoms with Gasteiger partial charge in [0.05, 0.1) is 5.69 Å². The maximum absolute atomic E-state index is 11.7. The fourth-order valence-electron chi connectivity index (χ4n) is 1.95. The molecule has 1 aromatic carbocycles. The Morgan fingerprint density at radius 2 is 2.19 bits per heavy atom. The Morgan fingerprint density at radius 3 is 3.05 bits per heavy atom. The van der Waals surface area contributed by atoms with E-state index in [2.05, 4.69) is 15.4 Å². The van der Waals surface area contributed by atoms with Crippen LogP contribution in [-0.2, 0) is 11.2 Å². The molecule has 0 aliphatic carbocycles. The molecule has 0 atom stereocenters. The molecule has 2 heterocycles. The van der Waals surface area contributed by atoms with Gasteiger partial charge < -0.3 is 5.32 Å². The molecule has 1 amide bonds. The van der Waals surface area contributed by atoms with Crippen molar-refractivity contribution < 1.29 is 4.79 Å². The van der Waals surface area contributed by atoms with Crippen LogP contribution in [0.2, 0.25) is 0 Å². The lowest BCUT2D eigenvalue weighted by Gasteiger charge is -2.01. The first-order chi connectivity index (χ1) is 10.3. The van der Waals surface area contributed by atoms with E-state index in [4.69, 9.17) is 0 Å². The third kappa shape index (κ3) is 3.35. The Morgan fingerprint density at radius 1 is 1.33 bits per heavy atom. The van der Waals surface area contributed by atoms with E-state index in [1.807, 2.05) is 35.7 Å². The zero-order valence-electron chi connectivity index (χ0n) is 11.3. The monoisotopic (exact) mass is 298 g/mol. The van der Waals surface area contributed by atoms with Crippen molar-refractivity contribution in [1.82, 2.24) is 19.9 Å². The van der Waals surface area contributed by atoms with Crippen LogP contribution in [0.3, 0.4) is 0 Å². The fraction of sp³-hybridized carbons (Fsp3) is 0.133. The predicted molar refractivity (Wildman–Crippen MR) is 83.1 cm³/mol. The summed E-state index contributed by atoms with van der Waals surface area (Å²) in [5.74, 6) is -0.0936. The van der Waals surface area contributed by atoms with E-state index in [0.29, 0.717) is 6.54 Å². The lowest BCUT2D eigenvalue weighted by molar-refractivity contribution is -0.116. The van der Waals surface area contributed by atoms with Crippen molar-refractivity contribution in [1.29, 1.82) is 0 Å². The lowest BCUT2D eigenvalue weighted by atomic mass is 10.2. The van der Waals surface area contributed by atoms with Crippen LogP contribution >= 0.6 is 11.3 Å². The molecule has 0 radical (unpaired) electrons. The molecule has 3 rings (SSSR count). The Balaban J connectivity index is 1.50. The van der Waals surface area contributed by atoms with Crippen LogP contribution in [0.5, 0.6) is 0 Å². The number of thiazole rings is 1. The zero-order valence-corrected chi connectivity index (χ0v) is 12.1. The molecule has 0 aliphatic rings. The minimum Gasteiger partial charge on any atom is -0.352 e. The van der Waals surface area contributed by atoms with Gasteiger partial charge in [0.25, 0.3) is 0 Å². The van der Waals surface area contributed by atoms with E-state index >= 15 is 0 Å². The Kier molecular flexibility index (Phi) is 4.07. The summed E-state index contributed by atoms with van der Waals surface area (Å²) in [6, 6.07) is 9.74. The highest BCUT2D eigenvalue weighted by Gasteiger charge is 2.05. The number of aromatic nitrogens is 3. The van der Waals surface area contributed by atoms with E-state index in [0.717, 1.165) is 22.6 Å². The van der Waals surface area contributed by atoms with Crippen molar-refractivity contribution in [3.05, 3.63) is 59.4 Å². The van der Waals surface area contributed by atoms with Gasteiger partial charge in [0.15, 0.2) is 0 Å². The third-order valence-electron chi connectivity index (χ3n) is 3.00. The van der Waals surface area contributed by atoms with Gasteiger partial charge in [-0.2, -0.15) is 5.10 Å². The predicted octanol–water partition coefficient (Wildman–Crippen LogP) is 2.16. The average molecular weight is 298 g/mol. The van der Waals surface area contributed by atoms with Gasteiger partial charge in [0, 0.05) is 24.4 Å². The maximum atomic E-state index is 11.7. The van der Waals surface area contributed by atoms with Crippen LogP contribution in [-0.4, -0.2) is 27.0 Å². The Bertz CT molecular complexity index is 760. The Hall–Kier alpha value is -2.47. The molecule has 3 aromatic rings. The summed E-state index contributed by atoms with van der Waals surface area (Å²) in [5, 5.41) is 9.02. The molecule has 0 fully saturated rings. The SMILES string of the molecule is O=C(C=Cc1ccccc1)NCCc1csc2ncnn12. The summed E-state index contributed by atoms with van der Waals surface area (Å²) in [4.78, 5) is 16.7. The second-order valence-corrected chi connectivity index (χ2v) is 5.30. The summed E-state index contributed by atoms with van der Waals surface area (Å²) in [7, 11) is 0. The summed E-state index contributed by atoms with van der Waals surface area (Å²) in [6.45, 7) is 0.573. The number of rotatable bonds is 5. The van der Waals surface area contributed by atoms with Gasteiger partial charge in [-0.1, -0.05) is 30.3 Å². The molecule has 1 N–H and O–H groups in total. The van der Waals surface area contributed by atoms with E-state index in [-0.39, 0.29) is 5.91 Å². The molecule has 0 bridgehead atoms. The number of benzene rings is 1. The Labute approximate surface area is 126 Å². The normalized spacial score (nSPS) is 11.2. The molecule has 2 aromatic heterocycles. The van der Waals surface area contributed by atoms with Crippen molar-refractivity contribution in [2.24, 2.45) is 0 Å². The molecule has 0 saturated carbocycles. The fourth-order valence-corrected chi connectivity index (χ4v) is 2.78. The molecule has 0 spiro atoms. The number of nitrogens with zero attached hydrogens (tertiary/aromatic N) is 3. The minimum absolute atomic E-state index is 0.0936. The molecule has 106 valence electrons. The van der Waals surface area contributed by atoms with Crippen molar-refractivity contribution in [3.63, 3.8) is 0 Å². The minimum atomic E-state index is -0.0936. The molecule has 0 unspecified atom stereocenters. The van der Waals surface area contributed by atoms with Crippen LogP contribution in [0.4, 0.5) is 0 Å². The van der Waals surface area contributed by atoms with Crippen molar-refractivity contribution >= 4 is 28.3 Å². The third-order valence-corrected chi connectivity index (χ3v) is 3.88. The van der Waals surface area contributed by atoms with E-state index in [1.165, 1.54) is 6.33 Å². The summed E-state index contributed by atoms with van der Waals surface area (Å²) in [6.07, 6.45) is 5.62. The van der Waals surface area contributed by atoms with Crippen molar-refractivity contribution in [2.45, 2.75) is 6.42 Å². The average Bonchev–Trinajstić information content (AvgIpc) is 3.11. The number of amides is 1. The number of fused-ring (bicyclic) bond motifs is 1. The number of hydrogen-bond donors (Lipinski definition) is 1. The second kappa shape index (κ2) is 6.32. The highest BCUT2D eigenvalue weighted by Crippen LogP contribution is 2.12. The van der Waals surface area contributed by atoms with Gasteiger partial charge in [-0.3, -0.25) is 4.79 Å². The second-order valence-electron chi connectivity index (χ2n) is 4.47. The quantitative estimate of drug-likeness (QED) is 0.734. The van der Waals surface area contributed by atoms with Crippen LogP contribution < -0.4 is 5.32 Å². The standard InChI is InChI=1S/C15H14N4OS/c20-14(7-6-12-4-2-1-3-5-12)16-9-8-13-10-21-15-17-11-18-19(13)15/h1-7,10-11H,8-9H2,(H,16,20). The molecular formula is C15H14N4OS. The summed E-state index contributed by atoms with van der Waals surface area (Å²) >= 11 is 1.55. The van der Waals surface area contributed by atoms with Crippen LogP contribution in [0.15, 0.2) is 48.1 Å². The number of carbonyl (C=O) groups excluding carboxylic acids is 1. The number of nitrogens with one attached hydrogen (secondary N) is 1. The van der Waals surface area contributed by atoms with Gasteiger partial charge in [-0.05, 0) is 11.6 Å². The van der Waals surface area contributed by atoms with Gasteiger partial charge in [0.2, 0.25) is 10.9 Å². The first kappa shape index (κ1) is 13.5. The van der Waals surface area contributed by atoms with Crippen LogP contribution in [0.1, 0.15) is 11.3 Å². The number of carbonyl (C=O) groups is 1. The number of hydrogen-bond acceptors (Lipinski definition) is 4. The first-order valence-corrected chi connectivity index (χ1v) is 7.48. The highest BCUT2D eigenvalue weighted by molar-refractivity contribution is 7.15. The summed E-state index contributed by atoms with van der Waals surface area (Å²) < 4.78 is 1.80. The van der Waals surface area contributed by atoms with Crippen LogP contribution in [0.25, 0.3) is 11.0 Å². The van der Waals surface area contributed by atoms with Crippen molar-refractivity contribution in [2.75, 3.05) is 6.54 Å². The largest absolute Gasteiger partial charge is 0.352 e. The smallest absolute Gasteiger partial charge is 0.244 e. The van der Waals surface area contributed by atoms with Crippen molar-refractivity contribution in [3.8, 4) is 0 Å². The van der Waals surface area contributed by atoms with Crippen LogP contribution in [0, 0.1) is 0 Å². The first-order valence-electron chi connectivity index (χ1n) is 6.60. The van der Waals surface area contributed by atoms with E-state index < -0.39 is 0 Å². The van der Waals surface area contributed by atoms with E-state index in [1.54, 1.807) is 28.0 Å². The van der Waals surface area contributed by atoms with Gasteiger partial charge in [-0.15, -0.1) is 11.3 Å². The molecular weight excluding hydrogens is 284 g/mol. The molecule has 0 aliphatic heterocycles. The molecule has 5 nitrogen and oxygen atoms in total. The topological polar surface area (TPSA) is 59.3 Å². The molecule has 0 saturated heterocycles.